The van der Waals surface area contributed by atoms with Gasteiger partial charge in [-0.3, -0.25) is 4.79 Å². The van der Waals surface area contributed by atoms with Crippen LogP contribution in [0.3, 0.4) is 0 Å². The number of likely N-dealkylation sites (tertiary alicyclic amines) is 1. The third kappa shape index (κ3) is 2.82. The lowest BCUT2D eigenvalue weighted by Gasteiger charge is -2.14. The molecule has 1 amide bonds. The van der Waals surface area contributed by atoms with Crippen LogP contribution in [0.25, 0.3) is 10.6 Å². The van der Waals surface area contributed by atoms with Crippen LogP contribution in [-0.2, 0) is 0 Å². The van der Waals surface area contributed by atoms with E-state index in [1.165, 1.54) is 23.6 Å². The normalized spacial score (nSPS) is 18.2. The molecule has 0 radical (unpaired) electrons. The van der Waals surface area contributed by atoms with E-state index < -0.39 is 0 Å². The van der Waals surface area contributed by atoms with E-state index in [2.05, 4.69) is 4.98 Å². The number of amides is 1. The maximum atomic E-state index is 13.7. The van der Waals surface area contributed by atoms with Crippen LogP contribution >= 0.6 is 11.3 Å². The van der Waals surface area contributed by atoms with Gasteiger partial charge in [0.1, 0.15) is 15.7 Å². The van der Waals surface area contributed by atoms with Gasteiger partial charge < -0.3 is 10.6 Å². The van der Waals surface area contributed by atoms with Gasteiger partial charge in [0.05, 0.1) is 6.20 Å². The number of hydrogen-bond acceptors (Lipinski definition) is 4. The zero-order valence-corrected chi connectivity index (χ0v) is 12.3. The SMILES string of the molecule is NC[C@H]1CCN(C(=O)c2cnc(-c3ccccc3F)s2)C1. The van der Waals surface area contributed by atoms with Crippen LogP contribution in [0.1, 0.15) is 16.1 Å². The quantitative estimate of drug-likeness (QED) is 0.947. The van der Waals surface area contributed by atoms with Gasteiger partial charge in [-0.1, -0.05) is 12.1 Å². The molecule has 21 heavy (non-hydrogen) atoms. The monoisotopic (exact) mass is 305 g/mol. The van der Waals surface area contributed by atoms with Crippen molar-refractivity contribution < 1.29 is 9.18 Å². The molecule has 2 aromatic rings. The second kappa shape index (κ2) is 5.91. The number of benzene rings is 1. The van der Waals surface area contributed by atoms with Gasteiger partial charge in [-0.2, -0.15) is 0 Å². The molecule has 4 nitrogen and oxygen atoms in total. The van der Waals surface area contributed by atoms with Crippen LogP contribution < -0.4 is 5.73 Å². The summed E-state index contributed by atoms with van der Waals surface area (Å²) >= 11 is 1.23. The average Bonchev–Trinajstić information content (AvgIpc) is 3.16. The summed E-state index contributed by atoms with van der Waals surface area (Å²) in [6.45, 7) is 2.03. The first kappa shape index (κ1) is 14.2. The fourth-order valence-corrected chi connectivity index (χ4v) is 3.41. The van der Waals surface area contributed by atoms with Crippen molar-refractivity contribution in [2.75, 3.05) is 19.6 Å². The van der Waals surface area contributed by atoms with Crippen LogP contribution in [0, 0.1) is 11.7 Å². The number of aromatic nitrogens is 1. The second-order valence-electron chi connectivity index (χ2n) is 5.15. The molecule has 1 aliphatic rings. The van der Waals surface area contributed by atoms with Crippen LogP contribution in [0.15, 0.2) is 30.5 Å². The molecule has 0 spiro atoms. The van der Waals surface area contributed by atoms with E-state index in [1.807, 2.05) is 0 Å². The molecule has 1 aliphatic heterocycles. The van der Waals surface area contributed by atoms with Crippen LogP contribution in [-0.4, -0.2) is 35.4 Å². The molecule has 1 saturated heterocycles. The maximum Gasteiger partial charge on any atom is 0.265 e. The molecular formula is C15H16FN3OS. The van der Waals surface area contributed by atoms with Gasteiger partial charge in [-0.05, 0) is 31.0 Å². The van der Waals surface area contributed by atoms with Crippen molar-refractivity contribution >= 4 is 17.2 Å². The molecule has 1 aromatic carbocycles. The van der Waals surface area contributed by atoms with Crippen LogP contribution in [0.2, 0.25) is 0 Å². The molecule has 6 heteroatoms. The number of nitrogens with two attached hydrogens (primary N) is 1. The van der Waals surface area contributed by atoms with E-state index in [9.17, 15) is 9.18 Å². The van der Waals surface area contributed by atoms with Crippen molar-refractivity contribution in [3.63, 3.8) is 0 Å². The first-order valence-corrected chi connectivity index (χ1v) is 7.70. The van der Waals surface area contributed by atoms with E-state index in [-0.39, 0.29) is 11.7 Å². The van der Waals surface area contributed by atoms with Gasteiger partial charge in [-0.15, -0.1) is 11.3 Å². The minimum atomic E-state index is -0.324. The maximum absolute atomic E-state index is 13.7. The van der Waals surface area contributed by atoms with E-state index >= 15 is 0 Å². The smallest absolute Gasteiger partial charge is 0.265 e. The number of halogens is 1. The highest BCUT2D eigenvalue weighted by atomic mass is 32.1. The molecule has 2 heterocycles. The van der Waals surface area contributed by atoms with E-state index in [0.717, 1.165) is 13.0 Å². The lowest BCUT2D eigenvalue weighted by atomic mass is 10.1. The number of carbonyl (C=O) groups is 1. The molecule has 0 saturated carbocycles. The van der Waals surface area contributed by atoms with Crippen molar-refractivity contribution in [3.8, 4) is 10.6 Å². The first-order chi connectivity index (χ1) is 10.2. The van der Waals surface area contributed by atoms with Gasteiger partial charge >= 0.3 is 0 Å². The predicted octanol–water partition coefficient (Wildman–Crippen LogP) is 2.37. The zero-order chi connectivity index (χ0) is 14.8. The standard InChI is InChI=1S/C15H16FN3OS/c16-12-4-2-1-3-11(12)14-18-8-13(21-14)15(20)19-6-5-10(7-17)9-19/h1-4,8,10H,5-7,9,17H2/t10-/m1/s1. The number of nitrogens with zero attached hydrogens (tertiary/aromatic N) is 2. The summed E-state index contributed by atoms with van der Waals surface area (Å²) in [5.74, 6) is 0.0224. The Morgan fingerprint density at radius 2 is 2.29 bits per heavy atom. The number of rotatable bonds is 3. The van der Waals surface area contributed by atoms with E-state index in [0.29, 0.717) is 34.5 Å². The van der Waals surface area contributed by atoms with Crippen LogP contribution in [0.4, 0.5) is 4.39 Å². The Morgan fingerprint density at radius 3 is 3.00 bits per heavy atom. The number of thiazole rings is 1. The highest BCUT2D eigenvalue weighted by Gasteiger charge is 2.27. The van der Waals surface area contributed by atoms with Gasteiger partial charge in [0, 0.05) is 18.7 Å². The summed E-state index contributed by atoms with van der Waals surface area (Å²) in [6, 6.07) is 6.45. The van der Waals surface area contributed by atoms with E-state index in [1.54, 1.807) is 23.1 Å². The first-order valence-electron chi connectivity index (χ1n) is 6.89. The molecule has 1 aromatic heterocycles. The van der Waals surface area contributed by atoms with Crippen molar-refractivity contribution in [3.05, 3.63) is 41.2 Å². The summed E-state index contributed by atoms with van der Waals surface area (Å²) in [5, 5.41) is 0.533. The molecule has 1 atom stereocenters. The van der Waals surface area contributed by atoms with Gasteiger partial charge in [0.25, 0.3) is 5.91 Å². The summed E-state index contributed by atoms with van der Waals surface area (Å²) in [6.07, 6.45) is 2.48. The Balaban J connectivity index is 1.79. The van der Waals surface area contributed by atoms with Crippen LogP contribution in [0.5, 0.6) is 0 Å². The van der Waals surface area contributed by atoms with Gasteiger partial charge in [0.15, 0.2) is 0 Å². The summed E-state index contributed by atoms with van der Waals surface area (Å²) in [4.78, 5) is 18.9. The fraction of sp³-hybridized carbons (Fsp3) is 0.333. The largest absolute Gasteiger partial charge is 0.338 e. The Hall–Kier alpha value is -1.79. The topological polar surface area (TPSA) is 59.2 Å². The molecular weight excluding hydrogens is 289 g/mol. The van der Waals surface area contributed by atoms with Gasteiger partial charge in [0.2, 0.25) is 0 Å². The lowest BCUT2D eigenvalue weighted by Crippen LogP contribution is -2.29. The lowest BCUT2D eigenvalue weighted by molar-refractivity contribution is 0.0792. The number of carbonyl (C=O) groups excluding carboxylic acids is 1. The Morgan fingerprint density at radius 1 is 1.48 bits per heavy atom. The average molecular weight is 305 g/mol. The third-order valence-corrected chi connectivity index (χ3v) is 4.75. The highest BCUT2D eigenvalue weighted by Crippen LogP contribution is 2.29. The van der Waals surface area contributed by atoms with Crippen molar-refractivity contribution in [1.29, 1.82) is 0 Å². The minimum Gasteiger partial charge on any atom is -0.338 e. The fourth-order valence-electron chi connectivity index (χ4n) is 2.50. The minimum absolute atomic E-state index is 0.0361. The third-order valence-electron chi connectivity index (χ3n) is 3.73. The van der Waals surface area contributed by atoms with Crippen molar-refractivity contribution in [1.82, 2.24) is 9.88 Å². The second-order valence-corrected chi connectivity index (χ2v) is 6.18. The molecule has 1 fully saturated rings. The summed E-state index contributed by atoms with van der Waals surface area (Å²) < 4.78 is 13.7. The Bertz CT molecular complexity index is 658. The molecule has 3 rings (SSSR count). The van der Waals surface area contributed by atoms with E-state index in [4.69, 9.17) is 5.73 Å². The number of hydrogen-bond donors (Lipinski definition) is 1. The highest BCUT2D eigenvalue weighted by molar-refractivity contribution is 7.16. The van der Waals surface area contributed by atoms with Crippen molar-refractivity contribution in [2.45, 2.75) is 6.42 Å². The zero-order valence-electron chi connectivity index (χ0n) is 11.5. The predicted molar refractivity (Wildman–Crippen MR) is 80.6 cm³/mol. The van der Waals surface area contributed by atoms with Gasteiger partial charge in [-0.25, -0.2) is 9.37 Å². The van der Waals surface area contributed by atoms with Crippen molar-refractivity contribution in [2.24, 2.45) is 11.7 Å². The molecule has 0 aliphatic carbocycles. The molecule has 0 bridgehead atoms. The summed E-state index contributed by atoms with van der Waals surface area (Å²) in [7, 11) is 0. The molecule has 0 unspecified atom stereocenters. The Kier molecular flexibility index (Phi) is 3.98. The molecule has 2 N–H and O–H groups in total. The summed E-state index contributed by atoms with van der Waals surface area (Å²) in [5.41, 5.74) is 6.08. The molecule has 110 valence electrons. The Labute approximate surface area is 126 Å².